The monoisotopic (exact) mass is 264 g/mol. The molecule has 0 unspecified atom stereocenters. The highest BCUT2D eigenvalue weighted by Crippen LogP contribution is 2.48. The van der Waals surface area contributed by atoms with E-state index in [1.165, 1.54) is 25.7 Å². The van der Waals surface area contributed by atoms with E-state index in [-0.39, 0.29) is 5.91 Å². The first kappa shape index (κ1) is 12.0. The molecule has 96 valence electrons. The molecule has 18 heavy (non-hydrogen) atoms. The summed E-state index contributed by atoms with van der Waals surface area (Å²) >= 11 is 5.78. The average molecular weight is 265 g/mol. The smallest absolute Gasteiger partial charge is 0.251 e. The van der Waals surface area contributed by atoms with Crippen LogP contribution in [0.2, 0.25) is 5.15 Å². The Morgan fingerprint density at radius 2 is 2.06 bits per heavy atom. The summed E-state index contributed by atoms with van der Waals surface area (Å²) in [6.07, 6.45) is 6.95. The quantitative estimate of drug-likeness (QED) is 0.831. The van der Waals surface area contributed by atoms with Gasteiger partial charge in [-0.05, 0) is 55.6 Å². The van der Waals surface area contributed by atoms with Crippen LogP contribution in [0.3, 0.4) is 0 Å². The molecule has 2 fully saturated rings. The fraction of sp³-hybridized carbons (Fsp3) is 0.571. The Balaban J connectivity index is 1.57. The fourth-order valence-electron chi connectivity index (χ4n) is 2.62. The van der Waals surface area contributed by atoms with Gasteiger partial charge in [0.05, 0.1) is 0 Å². The number of rotatable bonds is 5. The molecule has 1 heterocycles. The summed E-state index contributed by atoms with van der Waals surface area (Å²) in [6.45, 7) is 0.814. The minimum absolute atomic E-state index is 0.0365. The molecular formula is C14H17ClN2O. The Labute approximate surface area is 112 Å². The first-order valence-electron chi connectivity index (χ1n) is 6.64. The molecule has 2 aliphatic carbocycles. The van der Waals surface area contributed by atoms with Gasteiger partial charge in [-0.2, -0.15) is 0 Å². The highest BCUT2D eigenvalue weighted by molar-refractivity contribution is 6.29. The fourth-order valence-corrected chi connectivity index (χ4v) is 2.80. The van der Waals surface area contributed by atoms with Crippen molar-refractivity contribution in [1.29, 1.82) is 0 Å². The molecule has 0 bridgehead atoms. The molecule has 0 saturated heterocycles. The number of hydrogen-bond acceptors (Lipinski definition) is 2. The number of aromatic nitrogens is 1. The van der Waals surface area contributed by atoms with Crippen LogP contribution < -0.4 is 5.32 Å². The van der Waals surface area contributed by atoms with Crippen molar-refractivity contribution in [3.8, 4) is 0 Å². The van der Waals surface area contributed by atoms with Gasteiger partial charge >= 0.3 is 0 Å². The van der Waals surface area contributed by atoms with E-state index in [1.54, 1.807) is 18.3 Å². The second kappa shape index (κ2) is 4.88. The van der Waals surface area contributed by atoms with Crippen molar-refractivity contribution >= 4 is 17.5 Å². The molecule has 0 aliphatic heterocycles. The number of amides is 1. The topological polar surface area (TPSA) is 42.0 Å². The van der Waals surface area contributed by atoms with Crippen LogP contribution in [0.25, 0.3) is 0 Å². The van der Waals surface area contributed by atoms with Gasteiger partial charge in [0.25, 0.3) is 5.91 Å². The molecule has 1 amide bonds. The van der Waals surface area contributed by atoms with Gasteiger partial charge in [-0.15, -0.1) is 0 Å². The summed E-state index contributed by atoms with van der Waals surface area (Å²) in [6, 6.07) is 3.31. The van der Waals surface area contributed by atoms with E-state index in [0.717, 1.165) is 18.4 Å². The Kier molecular flexibility index (Phi) is 3.25. The zero-order chi connectivity index (χ0) is 12.5. The van der Waals surface area contributed by atoms with Crippen LogP contribution in [-0.2, 0) is 0 Å². The van der Waals surface area contributed by atoms with Crippen molar-refractivity contribution in [3.63, 3.8) is 0 Å². The SMILES string of the molecule is O=C(NCC(C1CC1)C1CC1)c1ccnc(Cl)c1. The van der Waals surface area contributed by atoms with Gasteiger partial charge in [0.1, 0.15) is 5.15 Å². The van der Waals surface area contributed by atoms with Crippen molar-refractivity contribution in [2.24, 2.45) is 17.8 Å². The van der Waals surface area contributed by atoms with Crippen molar-refractivity contribution in [1.82, 2.24) is 10.3 Å². The second-order valence-electron chi connectivity index (χ2n) is 5.42. The van der Waals surface area contributed by atoms with Gasteiger partial charge in [0, 0.05) is 18.3 Å². The van der Waals surface area contributed by atoms with E-state index in [1.807, 2.05) is 0 Å². The minimum Gasteiger partial charge on any atom is -0.352 e. The average Bonchev–Trinajstić information content (AvgIpc) is 3.23. The Hall–Kier alpha value is -1.09. The third-order valence-electron chi connectivity index (χ3n) is 3.94. The zero-order valence-electron chi connectivity index (χ0n) is 10.2. The summed E-state index contributed by atoms with van der Waals surface area (Å²) in [4.78, 5) is 15.9. The summed E-state index contributed by atoms with van der Waals surface area (Å²) in [5, 5.41) is 3.41. The molecule has 0 aromatic carbocycles. The lowest BCUT2D eigenvalue weighted by molar-refractivity contribution is 0.0943. The van der Waals surface area contributed by atoms with Crippen LogP contribution in [0, 0.1) is 17.8 Å². The molecule has 1 aromatic rings. The maximum atomic E-state index is 12.0. The van der Waals surface area contributed by atoms with Crippen LogP contribution >= 0.6 is 11.6 Å². The molecular weight excluding hydrogens is 248 g/mol. The Morgan fingerprint density at radius 1 is 1.39 bits per heavy atom. The summed E-state index contributed by atoms with van der Waals surface area (Å²) in [7, 11) is 0. The summed E-state index contributed by atoms with van der Waals surface area (Å²) in [5.41, 5.74) is 0.598. The van der Waals surface area contributed by atoms with Gasteiger partial charge in [0.15, 0.2) is 0 Å². The number of nitrogens with zero attached hydrogens (tertiary/aromatic N) is 1. The van der Waals surface area contributed by atoms with Gasteiger partial charge < -0.3 is 5.32 Å². The van der Waals surface area contributed by atoms with E-state index in [2.05, 4.69) is 10.3 Å². The first-order chi connectivity index (χ1) is 8.74. The van der Waals surface area contributed by atoms with Gasteiger partial charge in [0.2, 0.25) is 0 Å². The third kappa shape index (κ3) is 2.83. The molecule has 0 spiro atoms. The molecule has 3 nitrogen and oxygen atoms in total. The molecule has 1 N–H and O–H groups in total. The van der Waals surface area contributed by atoms with Gasteiger partial charge in [-0.1, -0.05) is 11.6 Å². The number of halogens is 1. The van der Waals surface area contributed by atoms with Crippen LogP contribution in [0.4, 0.5) is 0 Å². The number of carbonyl (C=O) groups is 1. The van der Waals surface area contributed by atoms with Crippen molar-refractivity contribution in [3.05, 3.63) is 29.0 Å². The van der Waals surface area contributed by atoms with Crippen LogP contribution in [-0.4, -0.2) is 17.4 Å². The third-order valence-corrected chi connectivity index (χ3v) is 4.15. The number of nitrogens with one attached hydrogen (secondary N) is 1. The van der Waals surface area contributed by atoms with Crippen LogP contribution in [0.15, 0.2) is 18.3 Å². The van der Waals surface area contributed by atoms with E-state index < -0.39 is 0 Å². The van der Waals surface area contributed by atoms with Crippen molar-refractivity contribution in [2.45, 2.75) is 25.7 Å². The predicted octanol–water partition coefficient (Wildman–Crippen LogP) is 2.90. The van der Waals surface area contributed by atoms with Crippen LogP contribution in [0.1, 0.15) is 36.0 Å². The predicted molar refractivity (Wildman–Crippen MR) is 70.5 cm³/mol. The van der Waals surface area contributed by atoms with E-state index in [0.29, 0.717) is 16.6 Å². The minimum atomic E-state index is -0.0365. The lowest BCUT2D eigenvalue weighted by atomic mass is 9.98. The largest absolute Gasteiger partial charge is 0.352 e. The first-order valence-corrected chi connectivity index (χ1v) is 7.01. The molecule has 2 aliphatic rings. The number of carbonyl (C=O) groups excluding carboxylic acids is 1. The normalized spacial score (nSPS) is 19.0. The van der Waals surface area contributed by atoms with E-state index in [4.69, 9.17) is 11.6 Å². The summed E-state index contributed by atoms with van der Waals surface area (Å²) in [5.74, 6) is 2.38. The zero-order valence-corrected chi connectivity index (χ0v) is 11.0. The van der Waals surface area contributed by atoms with Gasteiger partial charge in [-0.3, -0.25) is 4.79 Å². The molecule has 0 atom stereocenters. The lowest BCUT2D eigenvalue weighted by Crippen LogP contribution is -2.31. The Bertz CT molecular complexity index is 443. The number of pyridine rings is 1. The van der Waals surface area contributed by atoms with E-state index >= 15 is 0 Å². The lowest BCUT2D eigenvalue weighted by Gasteiger charge is -2.16. The maximum Gasteiger partial charge on any atom is 0.251 e. The highest BCUT2D eigenvalue weighted by atomic mass is 35.5. The molecule has 3 rings (SSSR count). The molecule has 2 saturated carbocycles. The highest BCUT2D eigenvalue weighted by Gasteiger charge is 2.41. The molecule has 4 heteroatoms. The second-order valence-corrected chi connectivity index (χ2v) is 5.80. The number of hydrogen-bond donors (Lipinski definition) is 1. The summed E-state index contributed by atoms with van der Waals surface area (Å²) < 4.78 is 0. The van der Waals surface area contributed by atoms with E-state index in [9.17, 15) is 4.79 Å². The maximum absolute atomic E-state index is 12.0. The van der Waals surface area contributed by atoms with Crippen molar-refractivity contribution < 1.29 is 4.79 Å². The molecule has 1 aromatic heterocycles. The van der Waals surface area contributed by atoms with Crippen LogP contribution in [0.5, 0.6) is 0 Å². The molecule has 0 radical (unpaired) electrons. The van der Waals surface area contributed by atoms with Crippen molar-refractivity contribution in [2.75, 3.05) is 6.54 Å². The Morgan fingerprint density at radius 3 is 2.61 bits per heavy atom. The standard InChI is InChI=1S/C14H17ClN2O/c15-13-7-11(5-6-16-13)14(18)17-8-12(9-1-2-9)10-3-4-10/h5-7,9-10,12H,1-4,8H2,(H,17,18). The van der Waals surface area contributed by atoms with Gasteiger partial charge in [-0.25, -0.2) is 4.98 Å².